The lowest BCUT2D eigenvalue weighted by Gasteiger charge is -2.39. The van der Waals surface area contributed by atoms with E-state index in [2.05, 4.69) is 22.0 Å². The Morgan fingerprint density at radius 2 is 2.12 bits per heavy atom. The number of nitrogens with zero attached hydrogens (tertiary/aromatic N) is 2. The zero-order valence-electron chi connectivity index (χ0n) is 10.3. The second kappa shape index (κ2) is 4.65. The molecule has 2 unspecified atom stereocenters. The van der Waals surface area contributed by atoms with Gasteiger partial charge in [-0.05, 0) is 43.7 Å². The second-order valence-corrected chi connectivity index (χ2v) is 5.31. The minimum Gasteiger partial charge on any atom is -0.367 e. The minimum absolute atomic E-state index is 0.534. The molecule has 17 heavy (non-hydrogen) atoms. The van der Waals surface area contributed by atoms with Gasteiger partial charge in [-0.25, -0.2) is 0 Å². The first-order valence-electron chi connectivity index (χ1n) is 6.80. The number of fused-ring (bicyclic) bond motifs is 1. The van der Waals surface area contributed by atoms with Crippen LogP contribution in [0, 0.1) is 5.92 Å². The molecular formula is C14H21N3. The van der Waals surface area contributed by atoms with Crippen LogP contribution in [0.25, 0.3) is 0 Å². The maximum atomic E-state index is 5.59. The van der Waals surface area contributed by atoms with Crippen molar-refractivity contribution in [2.45, 2.75) is 44.7 Å². The van der Waals surface area contributed by atoms with Crippen LogP contribution in [0.3, 0.4) is 0 Å². The Hall–Kier alpha value is -1.09. The monoisotopic (exact) mass is 231 g/mol. The summed E-state index contributed by atoms with van der Waals surface area (Å²) >= 11 is 0. The van der Waals surface area contributed by atoms with E-state index in [0.29, 0.717) is 6.54 Å². The number of anilines is 1. The summed E-state index contributed by atoms with van der Waals surface area (Å²) < 4.78 is 0. The third kappa shape index (κ3) is 2.04. The topological polar surface area (TPSA) is 42.1 Å². The van der Waals surface area contributed by atoms with Gasteiger partial charge in [0.05, 0.1) is 17.6 Å². The lowest BCUT2D eigenvalue weighted by molar-refractivity contribution is 0.362. The first kappa shape index (κ1) is 11.0. The van der Waals surface area contributed by atoms with Gasteiger partial charge in [0, 0.05) is 19.1 Å². The molecule has 92 valence electrons. The first-order valence-corrected chi connectivity index (χ1v) is 6.80. The van der Waals surface area contributed by atoms with Crippen LogP contribution in [0.4, 0.5) is 5.69 Å². The third-order valence-electron chi connectivity index (χ3n) is 4.34. The Labute approximate surface area is 103 Å². The summed E-state index contributed by atoms with van der Waals surface area (Å²) in [4.78, 5) is 7.00. The SMILES string of the molecule is NCc1ccc(N2CCCC3CCCC32)cn1. The Balaban J connectivity index is 1.81. The van der Waals surface area contributed by atoms with Gasteiger partial charge in [0.2, 0.25) is 0 Å². The average Bonchev–Trinajstić information content (AvgIpc) is 2.87. The molecule has 3 heteroatoms. The zero-order valence-corrected chi connectivity index (χ0v) is 10.3. The van der Waals surface area contributed by atoms with Crippen molar-refractivity contribution >= 4 is 5.69 Å². The van der Waals surface area contributed by atoms with Crippen LogP contribution in [0.5, 0.6) is 0 Å². The molecule has 1 aromatic rings. The molecule has 0 amide bonds. The van der Waals surface area contributed by atoms with Crippen LogP contribution in [-0.2, 0) is 6.54 Å². The average molecular weight is 231 g/mol. The second-order valence-electron chi connectivity index (χ2n) is 5.31. The Morgan fingerprint density at radius 1 is 1.24 bits per heavy atom. The van der Waals surface area contributed by atoms with Gasteiger partial charge < -0.3 is 10.6 Å². The van der Waals surface area contributed by atoms with E-state index in [0.717, 1.165) is 17.7 Å². The number of nitrogens with two attached hydrogens (primary N) is 1. The molecule has 0 aromatic carbocycles. The van der Waals surface area contributed by atoms with Gasteiger partial charge in [-0.3, -0.25) is 4.98 Å². The number of hydrogen-bond acceptors (Lipinski definition) is 3. The highest BCUT2D eigenvalue weighted by atomic mass is 15.2. The fraction of sp³-hybridized carbons (Fsp3) is 0.643. The molecule has 0 spiro atoms. The lowest BCUT2D eigenvalue weighted by Crippen LogP contribution is -2.42. The molecule has 2 aliphatic rings. The van der Waals surface area contributed by atoms with E-state index in [9.17, 15) is 0 Å². The Bertz CT molecular complexity index is 374. The van der Waals surface area contributed by atoms with E-state index in [1.807, 2.05) is 6.20 Å². The van der Waals surface area contributed by atoms with Crippen molar-refractivity contribution in [3.63, 3.8) is 0 Å². The summed E-state index contributed by atoms with van der Waals surface area (Å²) in [5.41, 5.74) is 7.86. The molecule has 1 aliphatic heterocycles. The molecule has 0 radical (unpaired) electrons. The molecular weight excluding hydrogens is 210 g/mol. The van der Waals surface area contributed by atoms with E-state index < -0.39 is 0 Å². The molecule has 1 aliphatic carbocycles. The molecule has 2 fully saturated rings. The quantitative estimate of drug-likeness (QED) is 0.849. The summed E-state index contributed by atoms with van der Waals surface area (Å²) in [7, 11) is 0. The standard InChI is InChI=1S/C14H21N3/c15-9-12-6-7-13(10-16-12)17-8-2-4-11-3-1-5-14(11)17/h6-7,10-11,14H,1-5,8-9,15H2. The Morgan fingerprint density at radius 3 is 2.88 bits per heavy atom. The molecule has 3 nitrogen and oxygen atoms in total. The fourth-order valence-electron chi connectivity index (χ4n) is 3.48. The van der Waals surface area contributed by atoms with Crippen molar-refractivity contribution < 1.29 is 0 Å². The van der Waals surface area contributed by atoms with Crippen molar-refractivity contribution in [1.29, 1.82) is 0 Å². The van der Waals surface area contributed by atoms with Crippen LogP contribution in [0.2, 0.25) is 0 Å². The van der Waals surface area contributed by atoms with Gasteiger partial charge in [0.1, 0.15) is 0 Å². The molecule has 1 saturated heterocycles. The van der Waals surface area contributed by atoms with Gasteiger partial charge in [-0.1, -0.05) is 6.42 Å². The number of rotatable bonds is 2. The van der Waals surface area contributed by atoms with E-state index in [-0.39, 0.29) is 0 Å². The van der Waals surface area contributed by atoms with E-state index in [1.54, 1.807) is 0 Å². The van der Waals surface area contributed by atoms with Gasteiger partial charge in [-0.2, -0.15) is 0 Å². The van der Waals surface area contributed by atoms with Crippen molar-refractivity contribution in [2.75, 3.05) is 11.4 Å². The summed E-state index contributed by atoms with van der Waals surface area (Å²) in [6, 6.07) is 5.03. The number of aromatic nitrogens is 1. The molecule has 0 bridgehead atoms. The van der Waals surface area contributed by atoms with E-state index >= 15 is 0 Å². The van der Waals surface area contributed by atoms with Crippen molar-refractivity contribution in [2.24, 2.45) is 11.7 Å². The predicted octanol–water partition coefficient (Wildman–Crippen LogP) is 2.31. The maximum Gasteiger partial charge on any atom is 0.0555 e. The predicted molar refractivity (Wildman–Crippen MR) is 69.8 cm³/mol. The summed E-state index contributed by atoms with van der Waals surface area (Å²) in [6.45, 7) is 1.73. The highest BCUT2D eigenvalue weighted by Gasteiger charge is 2.34. The lowest BCUT2D eigenvalue weighted by atomic mass is 9.91. The summed E-state index contributed by atoms with van der Waals surface area (Å²) in [5.74, 6) is 0.929. The molecule has 3 rings (SSSR count). The van der Waals surface area contributed by atoms with Crippen molar-refractivity contribution in [3.05, 3.63) is 24.0 Å². The van der Waals surface area contributed by atoms with Gasteiger partial charge in [-0.15, -0.1) is 0 Å². The minimum atomic E-state index is 0.534. The molecule has 2 heterocycles. The van der Waals surface area contributed by atoms with Crippen molar-refractivity contribution in [3.8, 4) is 0 Å². The highest BCUT2D eigenvalue weighted by molar-refractivity contribution is 5.46. The van der Waals surface area contributed by atoms with E-state index in [1.165, 1.54) is 44.3 Å². The normalized spacial score (nSPS) is 28.2. The largest absolute Gasteiger partial charge is 0.367 e. The molecule has 2 atom stereocenters. The molecule has 1 aromatic heterocycles. The number of hydrogen-bond donors (Lipinski definition) is 1. The van der Waals surface area contributed by atoms with Crippen LogP contribution in [0.15, 0.2) is 18.3 Å². The third-order valence-corrected chi connectivity index (χ3v) is 4.34. The maximum absolute atomic E-state index is 5.59. The van der Waals surface area contributed by atoms with Gasteiger partial charge >= 0.3 is 0 Å². The summed E-state index contributed by atoms with van der Waals surface area (Å²) in [5, 5.41) is 0. The highest BCUT2D eigenvalue weighted by Crippen LogP contribution is 2.38. The van der Waals surface area contributed by atoms with Crippen LogP contribution < -0.4 is 10.6 Å². The van der Waals surface area contributed by atoms with Crippen LogP contribution in [-0.4, -0.2) is 17.6 Å². The molecule has 2 N–H and O–H groups in total. The smallest absolute Gasteiger partial charge is 0.0555 e. The number of pyridine rings is 1. The van der Waals surface area contributed by atoms with Crippen LogP contribution in [0.1, 0.15) is 37.8 Å². The van der Waals surface area contributed by atoms with Gasteiger partial charge in [0.15, 0.2) is 0 Å². The Kier molecular flexibility index (Phi) is 3.02. The molecule has 1 saturated carbocycles. The van der Waals surface area contributed by atoms with Crippen LogP contribution >= 0.6 is 0 Å². The first-order chi connectivity index (χ1) is 8.38. The van der Waals surface area contributed by atoms with Gasteiger partial charge in [0.25, 0.3) is 0 Å². The number of piperidine rings is 1. The summed E-state index contributed by atoms with van der Waals surface area (Å²) in [6.07, 6.45) is 8.96. The fourth-order valence-corrected chi connectivity index (χ4v) is 3.48. The van der Waals surface area contributed by atoms with Crippen molar-refractivity contribution in [1.82, 2.24) is 4.98 Å². The van der Waals surface area contributed by atoms with E-state index in [4.69, 9.17) is 5.73 Å². The zero-order chi connectivity index (χ0) is 11.7.